The highest BCUT2D eigenvalue weighted by molar-refractivity contribution is 14.1. The van der Waals surface area contributed by atoms with E-state index in [0.717, 1.165) is 61.9 Å². The minimum atomic E-state index is -0.988. The first-order valence-electron chi connectivity index (χ1n) is 17.7. The lowest BCUT2D eigenvalue weighted by molar-refractivity contribution is 0.0684. The summed E-state index contributed by atoms with van der Waals surface area (Å²) in [5.41, 5.74) is 5.45. The number of tetrazole rings is 1. The monoisotopic (exact) mass is 888 g/mol. The second kappa shape index (κ2) is 15.2. The summed E-state index contributed by atoms with van der Waals surface area (Å²) in [7, 11) is 0. The number of benzene rings is 5. The standard InChI is InChI=1S/C43H34BrIN6O3/c1-2-3-23-36-46-40(45)38(42(52)53)50(36)27-28-24-25-35-34(26-28)37(44)39(54-35)32-21-13-14-22-33(32)41-47-49-51(48-41)43(29-15-7-4-8-16-29,30-17-9-5-10-18-30)31-19-11-6-12-20-31/h4-22,24-26H,2-3,23,27H2,1H3,(H,52,53). The molecule has 8 aromatic rings. The molecule has 5 aromatic carbocycles. The normalized spacial score (nSPS) is 11.7. The third-order valence-corrected chi connectivity index (χ3v) is 11.2. The lowest BCUT2D eigenvalue weighted by Gasteiger charge is -2.34. The zero-order chi connectivity index (χ0) is 37.2. The minimum absolute atomic E-state index is 0.207. The number of halogens is 2. The van der Waals surface area contributed by atoms with Gasteiger partial charge in [-0.1, -0.05) is 135 Å². The zero-order valence-corrected chi connectivity index (χ0v) is 33.0. The number of carboxylic acid groups (broad SMARTS) is 1. The van der Waals surface area contributed by atoms with Gasteiger partial charge < -0.3 is 14.1 Å². The summed E-state index contributed by atoms with van der Waals surface area (Å²) in [5.74, 6) is 0.858. The highest BCUT2D eigenvalue weighted by atomic mass is 127. The largest absolute Gasteiger partial charge is 0.476 e. The van der Waals surface area contributed by atoms with Crippen molar-refractivity contribution in [1.82, 2.24) is 29.8 Å². The summed E-state index contributed by atoms with van der Waals surface area (Å²) < 4.78 is 9.62. The molecule has 0 saturated heterocycles. The molecule has 0 bridgehead atoms. The molecular weight excluding hydrogens is 855 g/mol. The molecule has 0 aliphatic carbocycles. The van der Waals surface area contributed by atoms with Gasteiger partial charge in [-0.15, -0.1) is 15.0 Å². The maximum Gasteiger partial charge on any atom is 0.355 e. The Morgan fingerprint density at radius 3 is 2.02 bits per heavy atom. The molecule has 3 aromatic heterocycles. The Bertz CT molecular complexity index is 2490. The van der Waals surface area contributed by atoms with E-state index in [1.165, 1.54) is 0 Å². The maximum absolute atomic E-state index is 12.3. The van der Waals surface area contributed by atoms with Gasteiger partial charge >= 0.3 is 5.97 Å². The number of rotatable bonds is 12. The minimum Gasteiger partial charge on any atom is -0.476 e. The van der Waals surface area contributed by atoms with E-state index >= 15 is 0 Å². The van der Waals surface area contributed by atoms with Crippen LogP contribution in [0, 0.1) is 3.70 Å². The summed E-state index contributed by atoms with van der Waals surface area (Å²) in [6.45, 7) is 2.48. The van der Waals surface area contributed by atoms with Crippen molar-refractivity contribution in [3.05, 3.63) is 175 Å². The Labute approximate surface area is 334 Å². The lowest BCUT2D eigenvalue weighted by Crippen LogP contribution is -2.39. The van der Waals surface area contributed by atoms with Crippen molar-refractivity contribution in [2.45, 2.75) is 38.3 Å². The predicted octanol–water partition coefficient (Wildman–Crippen LogP) is 10.2. The number of aromatic nitrogens is 6. The third-order valence-electron chi connectivity index (χ3n) is 9.69. The number of unbranched alkanes of at least 4 members (excludes halogenated alkanes) is 1. The van der Waals surface area contributed by atoms with Crippen LogP contribution >= 0.6 is 38.5 Å². The first-order valence-corrected chi connectivity index (χ1v) is 19.5. The van der Waals surface area contributed by atoms with Gasteiger partial charge in [0.1, 0.15) is 20.9 Å². The smallest absolute Gasteiger partial charge is 0.355 e. The highest BCUT2D eigenvalue weighted by Crippen LogP contribution is 2.43. The second-order valence-electron chi connectivity index (χ2n) is 13.0. The van der Waals surface area contributed by atoms with E-state index in [9.17, 15) is 9.90 Å². The number of aromatic carboxylic acids is 1. The first kappa shape index (κ1) is 35.6. The molecule has 0 radical (unpaired) electrons. The van der Waals surface area contributed by atoms with Gasteiger partial charge in [0.2, 0.25) is 5.82 Å². The Kier molecular flexibility index (Phi) is 9.99. The average molecular weight is 890 g/mol. The molecular formula is C43H34BrIN6O3. The summed E-state index contributed by atoms with van der Waals surface area (Å²) >= 11 is 5.88. The third kappa shape index (κ3) is 6.34. The van der Waals surface area contributed by atoms with Gasteiger partial charge in [-0.05, 0) is 84.5 Å². The Hall–Kier alpha value is -5.40. The fourth-order valence-corrected chi connectivity index (χ4v) is 8.57. The number of hydrogen-bond acceptors (Lipinski definition) is 6. The molecule has 0 aliphatic rings. The quantitative estimate of drug-likeness (QED) is 0.0960. The molecule has 3 heterocycles. The summed E-state index contributed by atoms with van der Waals surface area (Å²) in [5, 5.41) is 25.5. The van der Waals surface area contributed by atoms with Crippen molar-refractivity contribution in [3.8, 4) is 22.7 Å². The Morgan fingerprint density at radius 2 is 1.43 bits per heavy atom. The van der Waals surface area contributed by atoms with E-state index in [1.807, 2.05) is 124 Å². The SMILES string of the molecule is CCCCc1nc(I)c(C(=O)O)n1Cc1ccc2oc(-c3ccccc3-c3nnn(C(c4ccccc4)(c4ccccc4)c4ccccc4)n3)c(Br)c2c1. The molecule has 268 valence electrons. The number of carboxylic acids is 1. The van der Waals surface area contributed by atoms with E-state index in [4.69, 9.17) is 19.8 Å². The zero-order valence-electron chi connectivity index (χ0n) is 29.2. The van der Waals surface area contributed by atoms with E-state index in [2.05, 4.69) is 64.2 Å². The van der Waals surface area contributed by atoms with Crippen LogP contribution in [-0.4, -0.2) is 40.8 Å². The molecule has 8 rings (SSSR count). The van der Waals surface area contributed by atoms with Crippen molar-refractivity contribution in [2.75, 3.05) is 0 Å². The van der Waals surface area contributed by atoms with E-state index < -0.39 is 11.5 Å². The second-order valence-corrected chi connectivity index (χ2v) is 14.8. The van der Waals surface area contributed by atoms with Crippen LogP contribution in [-0.2, 0) is 18.5 Å². The molecule has 0 fully saturated rings. The van der Waals surface area contributed by atoms with Crippen LogP contribution in [0.3, 0.4) is 0 Å². The van der Waals surface area contributed by atoms with Crippen molar-refractivity contribution in [2.24, 2.45) is 0 Å². The number of furan rings is 1. The molecule has 0 saturated carbocycles. The van der Waals surface area contributed by atoms with Crippen LogP contribution in [0.4, 0.5) is 0 Å². The molecule has 9 nitrogen and oxygen atoms in total. The van der Waals surface area contributed by atoms with Crippen LogP contribution in [0.25, 0.3) is 33.7 Å². The lowest BCUT2D eigenvalue weighted by atomic mass is 9.77. The van der Waals surface area contributed by atoms with E-state index in [-0.39, 0.29) is 5.69 Å². The summed E-state index contributed by atoms with van der Waals surface area (Å²) in [6, 6.07) is 44.6. The number of imidazole rings is 1. The van der Waals surface area contributed by atoms with Gasteiger partial charge in [0, 0.05) is 29.5 Å². The average Bonchev–Trinajstić information content (AvgIpc) is 3.91. The molecule has 1 N–H and O–H groups in total. The van der Waals surface area contributed by atoms with Gasteiger partial charge in [0.15, 0.2) is 11.2 Å². The molecule has 0 spiro atoms. The van der Waals surface area contributed by atoms with Crippen LogP contribution in [0.1, 0.15) is 58.3 Å². The molecule has 0 amide bonds. The van der Waals surface area contributed by atoms with Crippen LogP contribution in [0.15, 0.2) is 142 Å². The number of nitrogens with zero attached hydrogens (tertiary/aromatic N) is 6. The van der Waals surface area contributed by atoms with Gasteiger partial charge in [0.25, 0.3) is 0 Å². The van der Waals surface area contributed by atoms with Gasteiger partial charge in [-0.3, -0.25) is 0 Å². The molecule has 0 atom stereocenters. The van der Waals surface area contributed by atoms with E-state index in [1.54, 1.807) is 4.80 Å². The molecule has 0 aliphatic heterocycles. The van der Waals surface area contributed by atoms with Crippen molar-refractivity contribution in [1.29, 1.82) is 0 Å². The van der Waals surface area contributed by atoms with Crippen molar-refractivity contribution < 1.29 is 14.3 Å². The molecule has 11 heteroatoms. The topological polar surface area (TPSA) is 112 Å². The first-order chi connectivity index (χ1) is 26.4. The van der Waals surface area contributed by atoms with Crippen molar-refractivity contribution in [3.63, 3.8) is 0 Å². The summed E-state index contributed by atoms with van der Waals surface area (Å²) in [6.07, 6.45) is 2.62. The Balaban J connectivity index is 1.22. The Morgan fingerprint density at radius 1 is 0.833 bits per heavy atom. The molecule has 54 heavy (non-hydrogen) atoms. The van der Waals surface area contributed by atoms with Crippen LogP contribution in [0.5, 0.6) is 0 Å². The fraction of sp³-hybridized carbons (Fsp3) is 0.140. The van der Waals surface area contributed by atoms with Crippen LogP contribution in [0.2, 0.25) is 0 Å². The number of aryl methyl sites for hydroxylation is 1. The predicted molar refractivity (Wildman–Crippen MR) is 220 cm³/mol. The molecule has 0 unspecified atom stereocenters. The fourth-order valence-electron chi connectivity index (χ4n) is 7.16. The van der Waals surface area contributed by atoms with Gasteiger partial charge in [0.05, 0.1) is 4.47 Å². The number of carbonyl (C=O) groups is 1. The van der Waals surface area contributed by atoms with Gasteiger partial charge in [-0.25, -0.2) is 9.78 Å². The van der Waals surface area contributed by atoms with E-state index in [0.29, 0.717) is 33.8 Å². The van der Waals surface area contributed by atoms with Crippen molar-refractivity contribution >= 4 is 55.5 Å². The van der Waals surface area contributed by atoms with Gasteiger partial charge in [-0.2, -0.15) is 0 Å². The van der Waals surface area contributed by atoms with Crippen LogP contribution < -0.4 is 0 Å². The number of fused-ring (bicyclic) bond motifs is 1. The summed E-state index contributed by atoms with van der Waals surface area (Å²) in [4.78, 5) is 18.6. The highest BCUT2D eigenvalue weighted by Gasteiger charge is 2.41. The number of hydrogen-bond donors (Lipinski definition) is 1. The maximum atomic E-state index is 12.3.